The number of carbonyl (C=O) groups is 1. The predicted octanol–water partition coefficient (Wildman–Crippen LogP) is 2.91. The number of nitrogens with one attached hydrogen (secondary N) is 1. The molecule has 2 amide bonds. The molecule has 1 aliphatic rings. The topological polar surface area (TPSA) is 52.6 Å². The van der Waals surface area contributed by atoms with Gasteiger partial charge >= 0.3 is 6.03 Å². The van der Waals surface area contributed by atoms with E-state index in [9.17, 15) is 9.90 Å². The molecule has 4 heteroatoms. The average molecular weight is 304 g/mol. The normalized spacial score (nSPS) is 20.0. The molecule has 1 aromatic carbocycles. The van der Waals surface area contributed by atoms with E-state index in [0.717, 1.165) is 25.8 Å². The van der Waals surface area contributed by atoms with Crippen LogP contribution in [0.1, 0.15) is 45.6 Å². The van der Waals surface area contributed by atoms with E-state index >= 15 is 0 Å². The molecular weight excluding hydrogens is 276 g/mol. The van der Waals surface area contributed by atoms with Gasteiger partial charge in [-0.25, -0.2) is 4.79 Å². The smallest absolute Gasteiger partial charge is 0.317 e. The van der Waals surface area contributed by atoms with E-state index in [1.165, 1.54) is 5.56 Å². The molecular formula is C18H28N2O2. The highest BCUT2D eigenvalue weighted by molar-refractivity contribution is 5.75. The Labute approximate surface area is 133 Å². The number of hydrogen-bond donors (Lipinski definition) is 2. The Morgan fingerprint density at radius 3 is 2.73 bits per heavy atom. The highest BCUT2D eigenvalue weighted by Gasteiger charge is 2.30. The molecule has 4 nitrogen and oxygen atoms in total. The van der Waals surface area contributed by atoms with Crippen LogP contribution in [0.3, 0.4) is 0 Å². The lowest BCUT2D eigenvalue weighted by Crippen LogP contribution is -2.48. The average Bonchev–Trinajstić information content (AvgIpc) is 2.96. The first-order valence-corrected chi connectivity index (χ1v) is 8.17. The third-order valence-electron chi connectivity index (χ3n) is 4.59. The summed E-state index contributed by atoms with van der Waals surface area (Å²) in [6, 6.07) is 10.4. The van der Waals surface area contributed by atoms with Gasteiger partial charge in [-0.15, -0.1) is 0 Å². The standard InChI is InChI=1S/C18H28N2O2/c1-14(12-18(2,3)15-8-5-4-6-9-15)19-17(22)20-11-7-10-16(20)13-21/h4-6,8-9,14,16,21H,7,10-13H2,1-3H3,(H,19,22)/t14-,16+/m1/s1. The first kappa shape index (κ1) is 16.8. The fourth-order valence-corrected chi connectivity index (χ4v) is 3.41. The van der Waals surface area contributed by atoms with Crippen LogP contribution < -0.4 is 5.32 Å². The number of benzene rings is 1. The molecule has 0 radical (unpaired) electrons. The van der Waals surface area contributed by atoms with Crippen molar-refractivity contribution in [3.63, 3.8) is 0 Å². The zero-order valence-corrected chi connectivity index (χ0v) is 13.9. The van der Waals surface area contributed by atoms with Crippen molar-refractivity contribution in [3.8, 4) is 0 Å². The van der Waals surface area contributed by atoms with Crippen LogP contribution >= 0.6 is 0 Å². The molecule has 0 aromatic heterocycles. The molecule has 1 aromatic rings. The number of aliphatic hydroxyl groups is 1. The van der Waals surface area contributed by atoms with Crippen molar-refractivity contribution in [3.05, 3.63) is 35.9 Å². The fraction of sp³-hybridized carbons (Fsp3) is 0.611. The van der Waals surface area contributed by atoms with Gasteiger partial charge in [0.1, 0.15) is 0 Å². The van der Waals surface area contributed by atoms with Gasteiger partial charge in [0.15, 0.2) is 0 Å². The summed E-state index contributed by atoms with van der Waals surface area (Å²) < 4.78 is 0. The number of urea groups is 1. The molecule has 1 saturated heterocycles. The van der Waals surface area contributed by atoms with E-state index in [2.05, 4.69) is 43.4 Å². The van der Waals surface area contributed by atoms with E-state index in [-0.39, 0.29) is 30.1 Å². The van der Waals surface area contributed by atoms with Gasteiger partial charge in [0.2, 0.25) is 0 Å². The number of aliphatic hydroxyl groups excluding tert-OH is 1. The minimum atomic E-state index is -0.0482. The van der Waals surface area contributed by atoms with E-state index in [4.69, 9.17) is 0 Å². The minimum absolute atomic E-state index is 0.00927. The summed E-state index contributed by atoms with van der Waals surface area (Å²) in [6.45, 7) is 7.25. The molecule has 122 valence electrons. The highest BCUT2D eigenvalue weighted by Crippen LogP contribution is 2.28. The lowest BCUT2D eigenvalue weighted by Gasteiger charge is -2.31. The second-order valence-corrected chi connectivity index (χ2v) is 6.98. The third-order valence-corrected chi connectivity index (χ3v) is 4.59. The zero-order chi connectivity index (χ0) is 16.2. The molecule has 1 aliphatic heterocycles. The summed E-state index contributed by atoms with van der Waals surface area (Å²) in [6.07, 6.45) is 2.75. The molecule has 1 fully saturated rings. The lowest BCUT2D eigenvalue weighted by atomic mass is 9.79. The van der Waals surface area contributed by atoms with Crippen molar-refractivity contribution >= 4 is 6.03 Å². The number of rotatable bonds is 5. The maximum absolute atomic E-state index is 12.4. The first-order chi connectivity index (χ1) is 10.4. The van der Waals surface area contributed by atoms with Crippen molar-refractivity contribution in [2.45, 2.75) is 57.5 Å². The van der Waals surface area contributed by atoms with Gasteiger partial charge in [-0.05, 0) is 37.2 Å². The van der Waals surface area contributed by atoms with Crippen LogP contribution in [-0.2, 0) is 5.41 Å². The molecule has 0 bridgehead atoms. The number of carbonyl (C=O) groups excluding carboxylic acids is 1. The molecule has 22 heavy (non-hydrogen) atoms. The molecule has 0 unspecified atom stereocenters. The van der Waals surface area contributed by atoms with Gasteiger partial charge < -0.3 is 15.3 Å². The van der Waals surface area contributed by atoms with Crippen LogP contribution in [0, 0.1) is 0 Å². The molecule has 2 N–H and O–H groups in total. The lowest BCUT2D eigenvalue weighted by molar-refractivity contribution is 0.154. The van der Waals surface area contributed by atoms with Gasteiger partial charge in [-0.1, -0.05) is 44.2 Å². The highest BCUT2D eigenvalue weighted by atomic mass is 16.3. The zero-order valence-electron chi connectivity index (χ0n) is 13.9. The maximum atomic E-state index is 12.4. The molecule has 0 spiro atoms. The molecule has 0 saturated carbocycles. The van der Waals surface area contributed by atoms with Crippen LogP contribution in [0.2, 0.25) is 0 Å². The van der Waals surface area contributed by atoms with Crippen LogP contribution in [0.15, 0.2) is 30.3 Å². The monoisotopic (exact) mass is 304 g/mol. The largest absolute Gasteiger partial charge is 0.394 e. The number of nitrogens with zero attached hydrogens (tertiary/aromatic N) is 1. The third kappa shape index (κ3) is 4.01. The van der Waals surface area contributed by atoms with E-state index in [0.29, 0.717) is 0 Å². The van der Waals surface area contributed by atoms with Gasteiger partial charge in [0.05, 0.1) is 12.6 Å². The Morgan fingerprint density at radius 1 is 1.41 bits per heavy atom. The van der Waals surface area contributed by atoms with E-state index < -0.39 is 0 Å². The summed E-state index contributed by atoms with van der Waals surface area (Å²) in [5, 5.41) is 12.4. The second kappa shape index (κ2) is 7.14. The maximum Gasteiger partial charge on any atom is 0.317 e. The van der Waals surface area contributed by atoms with Crippen molar-refractivity contribution in [1.82, 2.24) is 10.2 Å². The van der Waals surface area contributed by atoms with Crippen LogP contribution in [0.5, 0.6) is 0 Å². The quantitative estimate of drug-likeness (QED) is 0.879. The SMILES string of the molecule is C[C@H](CC(C)(C)c1ccccc1)NC(=O)N1CCC[C@H]1CO. The van der Waals surface area contributed by atoms with Crippen molar-refractivity contribution in [1.29, 1.82) is 0 Å². The van der Waals surface area contributed by atoms with Gasteiger partial charge in [-0.3, -0.25) is 0 Å². The van der Waals surface area contributed by atoms with Crippen molar-refractivity contribution in [2.75, 3.05) is 13.2 Å². The Balaban J connectivity index is 1.92. The first-order valence-electron chi connectivity index (χ1n) is 8.17. The predicted molar refractivity (Wildman–Crippen MR) is 88.9 cm³/mol. The Bertz CT molecular complexity index is 487. The van der Waals surface area contributed by atoms with E-state index in [1.807, 2.05) is 13.0 Å². The van der Waals surface area contributed by atoms with Gasteiger partial charge in [0.25, 0.3) is 0 Å². The van der Waals surface area contributed by atoms with Gasteiger partial charge in [0, 0.05) is 12.6 Å². The number of amides is 2. The van der Waals surface area contributed by atoms with Crippen molar-refractivity contribution < 1.29 is 9.90 Å². The van der Waals surface area contributed by atoms with Crippen molar-refractivity contribution in [2.24, 2.45) is 0 Å². The summed E-state index contributed by atoms with van der Waals surface area (Å²) in [7, 11) is 0. The summed E-state index contributed by atoms with van der Waals surface area (Å²) >= 11 is 0. The molecule has 1 heterocycles. The van der Waals surface area contributed by atoms with Crippen LogP contribution in [0.4, 0.5) is 4.79 Å². The Hall–Kier alpha value is -1.55. The van der Waals surface area contributed by atoms with Crippen LogP contribution in [0.25, 0.3) is 0 Å². The Kier molecular flexibility index (Phi) is 5.46. The van der Waals surface area contributed by atoms with Gasteiger partial charge in [-0.2, -0.15) is 0 Å². The fourth-order valence-electron chi connectivity index (χ4n) is 3.41. The number of likely N-dealkylation sites (tertiary alicyclic amines) is 1. The summed E-state index contributed by atoms with van der Waals surface area (Å²) in [4.78, 5) is 14.1. The minimum Gasteiger partial charge on any atom is -0.394 e. The van der Waals surface area contributed by atoms with Crippen LogP contribution in [-0.4, -0.2) is 41.3 Å². The molecule has 2 rings (SSSR count). The summed E-state index contributed by atoms with van der Waals surface area (Å²) in [5.74, 6) is 0. The number of hydrogen-bond acceptors (Lipinski definition) is 2. The van der Waals surface area contributed by atoms with E-state index in [1.54, 1.807) is 4.90 Å². The molecule has 0 aliphatic carbocycles. The second-order valence-electron chi connectivity index (χ2n) is 6.98. The summed E-state index contributed by atoms with van der Waals surface area (Å²) in [5.41, 5.74) is 1.29. The molecule has 2 atom stereocenters. The Morgan fingerprint density at radius 2 is 2.09 bits per heavy atom.